The number of carbonyl (C=O) groups excluding carboxylic acids is 2. The van der Waals surface area contributed by atoms with Gasteiger partial charge in [-0.05, 0) is 24.3 Å². The van der Waals surface area contributed by atoms with E-state index in [4.69, 9.17) is 4.74 Å². The number of hydrogen-bond donors (Lipinski definition) is 2. The molecular weight excluding hydrogens is 358 g/mol. The number of para-hydroxylation sites is 1. The molecule has 2 N–H and O–H groups in total. The highest BCUT2D eigenvalue weighted by atomic mass is 32.2. The number of rotatable bonds is 4. The lowest BCUT2D eigenvalue weighted by Crippen LogP contribution is -2.37. The summed E-state index contributed by atoms with van der Waals surface area (Å²) < 4.78 is 32.7. The summed E-state index contributed by atoms with van der Waals surface area (Å²) in [5.74, 6) is -1.65. The molecule has 2 aromatic carbocycles. The number of fused-ring (bicyclic) bond motifs is 1. The minimum Gasteiger partial charge on any atom is -0.475 e. The number of ether oxygens (including phenoxy) is 1. The Morgan fingerprint density at radius 3 is 2.42 bits per heavy atom. The number of carbonyl (C=O) groups is 2. The van der Waals surface area contributed by atoms with Gasteiger partial charge in [-0.3, -0.25) is 9.59 Å². The predicted octanol–water partition coefficient (Wildman–Crippen LogP) is 0.907. The van der Waals surface area contributed by atoms with Crippen molar-refractivity contribution in [3.63, 3.8) is 0 Å². The fraction of sp³-hybridized carbons (Fsp3) is 0.118. The number of nitrogens with one attached hydrogen (secondary N) is 2. The van der Waals surface area contributed by atoms with Gasteiger partial charge in [0.1, 0.15) is 11.5 Å². The highest BCUT2D eigenvalue weighted by Crippen LogP contribution is 2.26. The van der Waals surface area contributed by atoms with Gasteiger partial charge < -0.3 is 15.4 Å². The summed E-state index contributed by atoms with van der Waals surface area (Å²) in [5.41, 5.74) is 0.881. The standard InChI is InChI=1S/C17H15N3O5S/c21-15(16(22)19-12-6-2-1-3-7-12)18-10-11-25-17-13-8-4-5-9-14(13)26(23,24)20-17/h1-9H,10-11H2,(H,18,21)(H,19,22). The van der Waals surface area contributed by atoms with E-state index < -0.39 is 21.8 Å². The van der Waals surface area contributed by atoms with E-state index in [1.807, 2.05) is 0 Å². The molecule has 0 saturated heterocycles. The molecule has 0 unspecified atom stereocenters. The van der Waals surface area contributed by atoms with Gasteiger partial charge in [0.05, 0.1) is 12.1 Å². The van der Waals surface area contributed by atoms with Crippen molar-refractivity contribution in [3.8, 4) is 0 Å². The normalized spacial score (nSPS) is 14.1. The molecule has 0 fully saturated rings. The molecule has 0 saturated carbocycles. The third kappa shape index (κ3) is 3.89. The first-order valence-corrected chi connectivity index (χ1v) is 9.13. The molecule has 0 aliphatic carbocycles. The van der Waals surface area contributed by atoms with Crippen LogP contribution in [-0.4, -0.2) is 39.3 Å². The van der Waals surface area contributed by atoms with Crippen molar-refractivity contribution < 1.29 is 22.7 Å². The van der Waals surface area contributed by atoms with E-state index in [1.54, 1.807) is 48.5 Å². The van der Waals surface area contributed by atoms with Gasteiger partial charge in [-0.2, -0.15) is 8.42 Å². The number of sulfonamides is 1. The van der Waals surface area contributed by atoms with E-state index in [1.165, 1.54) is 6.07 Å². The lowest BCUT2D eigenvalue weighted by Gasteiger charge is -2.08. The Kier molecular flexibility index (Phi) is 4.99. The molecule has 2 amide bonds. The van der Waals surface area contributed by atoms with Crippen LogP contribution in [-0.2, 0) is 24.3 Å². The van der Waals surface area contributed by atoms with Crippen molar-refractivity contribution in [2.24, 2.45) is 4.40 Å². The lowest BCUT2D eigenvalue weighted by atomic mass is 10.2. The summed E-state index contributed by atoms with van der Waals surface area (Å²) in [6, 6.07) is 14.9. The molecule has 1 heterocycles. The second kappa shape index (κ2) is 7.36. The highest BCUT2D eigenvalue weighted by molar-refractivity contribution is 7.90. The quantitative estimate of drug-likeness (QED) is 0.611. The van der Waals surface area contributed by atoms with Gasteiger partial charge in [0.15, 0.2) is 0 Å². The van der Waals surface area contributed by atoms with Gasteiger partial charge in [0, 0.05) is 5.69 Å². The SMILES string of the molecule is O=C(NCCOC1=NS(=O)(=O)c2ccccc21)C(=O)Nc1ccccc1. The lowest BCUT2D eigenvalue weighted by molar-refractivity contribution is -0.136. The molecule has 1 aliphatic heterocycles. The Hall–Kier alpha value is -3.20. The monoisotopic (exact) mass is 373 g/mol. The summed E-state index contributed by atoms with van der Waals surface area (Å²) in [7, 11) is -3.74. The van der Waals surface area contributed by atoms with Crippen LogP contribution in [0.4, 0.5) is 5.69 Å². The summed E-state index contributed by atoms with van der Waals surface area (Å²) in [6.45, 7) is -0.0185. The number of hydrogen-bond acceptors (Lipinski definition) is 5. The average Bonchev–Trinajstić information content (AvgIpc) is 2.90. The number of amides is 2. The van der Waals surface area contributed by atoms with E-state index >= 15 is 0 Å². The molecule has 0 atom stereocenters. The molecule has 1 aliphatic rings. The van der Waals surface area contributed by atoms with Crippen LogP contribution < -0.4 is 10.6 Å². The molecule has 9 heteroatoms. The maximum absolute atomic E-state index is 11.9. The first-order chi connectivity index (χ1) is 12.5. The van der Waals surface area contributed by atoms with Crippen molar-refractivity contribution >= 4 is 33.4 Å². The number of anilines is 1. The fourth-order valence-electron chi connectivity index (χ4n) is 2.28. The van der Waals surface area contributed by atoms with Crippen LogP contribution in [0.5, 0.6) is 0 Å². The van der Waals surface area contributed by atoms with Crippen LogP contribution in [0, 0.1) is 0 Å². The third-order valence-corrected chi connectivity index (χ3v) is 4.78. The predicted molar refractivity (Wildman–Crippen MR) is 94.2 cm³/mol. The van der Waals surface area contributed by atoms with Crippen molar-refractivity contribution in [2.45, 2.75) is 4.90 Å². The molecule has 134 valence electrons. The van der Waals surface area contributed by atoms with Crippen molar-refractivity contribution in [3.05, 3.63) is 60.2 Å². The molecule has 0 aromatic heterocycles. The first-order valence-electron chi connectivity index (χ1n) is 7.69. The minimum absolute atomic E-state index is 0.0161. The van der Waals surface area contributed by atoms with Gasteiger partial charge >= 0.3 is 11.8 Å². The Bertz CT molecular complexity index is 971. The van der Waals surface area contributed by atoms with Gasteiger partial charge in [-0.25, -0.2) is 0 Å². The molecular formula is C17H15N3O5S. The number of benzene rings is 2. The number of nitrogens with zero attached hydrogens (tertiary/aromatic N) is 1. The summed E-state index contributed by atoms with van der Waals surface area (Å²) in [6.07, 6.45) is 0. The zero-order chi connectivity index (χ0) is 18.6. The Labute approximate surface area is 149 Å². The molecule has 2 aromatic rings. The van der Waals surface area contributed by atoms with Gasteiger partial charge in [0.2, 0.25) is 5.90 Å². The second-order valence-corrected chi connectivity index (χ2v) is 6.86. The summed E-state index contributed by atoms with van der Waals surface area (Å²) in [5, 5.41) is 4.84. The van der Waals surface area contributed by atoms with E-state index in [-0.39, 0.29) is 23.9 Å². The smallest absolute Gasteiger partial charge is 0.313 e. The fourth-order valence-corrected chi connectivity index (χ4v) is 3.43. The van der Waals surface area contributed by atoms with Crippen LogP contribution in [0.25, 0.3) is 0 Å². The van der Waals surface area contributed by atoms with Crippen molar-refractivity contribution in [1.29, 1.82) is 0 Å². The van der Waals surface area contributed by atoms with Crippen molar-refractivity contribution in [2.75, 3.05) is 18.5 Å². The van der Waals surface area contributed by atoms with Crippen LogP contribution in [0.2, 0.25) is 0 Å². The Morgan fingerprint density at radius 2 is 1.65 bits per heavy atom. The topological polar surface area (TPSA) is 114 Å². The van der Waals surface area contributed by atoms with E-state index in [0.717, 1.165) is 0 Å². The van der Waals surface area contributed by atoms with E-state index in [2.05, 4.69) is 15.0 Å². The van der Waals surface area contributed by atoms with Crippen LogP contribution in [0.3, 0.4) is 0 Å². The van der Waals surface area contributed by atoms with Gasteiger partial charge in [-0.1, -0.05) is 30.3 Å². The molecule has 0 radical (unpaired) electrons. The summed E-state index contributed by atoms with van der Waals surface area (Å²) >= 11 is 0. The third-order valence-electron chi connectivity index (χ3n) is 3.46. The Balaban J connectivity index is 1.49. The average molecular weight is 373 g/mol. The minimum atomic E-state index is -3.74. The molecule has 0 spiro atoms. The maximum atomic E-state index is 11.9. The molecule has 8 nitrogen and oxygen atoms in total. The first kappa shape index (κ1) is 17.6. The maximum Gasteiger partial charge on any atom is 0.313 e. The van der Waals surface area contributed by atoms with Crippen LogP contribution in [0.1, 0.15) is 5.56 Å². The molecule has 26 heavy (non-hydrogen) atoms. The van der Waals surface area contributed by atoms with Gasteiger partial charge in [-0.15, -0.1) is 4.40 Å². The van der Waals surface area contributed by atoms with Gasteiger partial charge in [0.25, 0.3) is 10.0 Å². The van der Waals surface area contributed by atoms with Crippen molar-refractivity contribution in [1.82, 2.24) is 5.32 Å². The summed E-state index contributed by atoms with van der Waals surface area (Å²) in [4.78, 5) is 23.6. The Morgan fingerprint density at radius 1 is 0.962 bits per heavy atom. The molecule has 0 bridgehead atoms. The zero-order valence-electron chi connectivity index (χ0n) is 13.5. The zero-order valence-corrected chi connectivity index (χ0v) is 14.3. The van der Waals surface area contributed by atoms with Crippen LogP contribution >= 0.6 is 0 Å². The molecule has 3 rings (SSSR count). The largest absolute Gasteiger partial charge is 0.475 e. The van der Waals surface area contributed by atoms with Crippen LogP contribution in [0.15, 0.2) is 63.9 Å². The second-order valence-electron chi connectivity index (χ2n) is 5.29. The van der Waals surface area contributed by atoms with E-state index in [0.29, 0.717) is 11.3 Å². The highest BCUT2D eigenvalue weighted by Gasteiger charge is 2.29. The van der Waals surface area contributed by atoms with E-state index in [9.17, 15) is 18.0 Å².